The fraction of sp³-hybridized carbons (Fsp3) is 0.900. The summed E-state index contributed by atoms with van der Waals surface area (Å²) in [5, 5.41) is 54.8. The second kappa shape index (κ2) is 7.80. The number of carbonyl (C=O) groups is 1. The number of rotatable bonds is 2. The molecule has 5 rings (SSSR count). The predicted molar refractivity (Wildman–Crippen MR) is 137 cm³/mol. The molecule has 0 aliphatic heterocycles. The van der Waals surface area contributed by atoms with Gasteiger partial charge in [0, 0.05) is 11.3 Å². The van der Waals surface area contributed by atoms with E-state index in [9.17, 15) is 30.3 Å². The minimum Gasteiger partial charge on any atom is -0.481 e. The highest BCUT2D eigenvalue weighted by Crippen LogP contribution is 2.76. The molecule has 0 spiro atoms. The molecule has 12 atom stereocenters. The highest BCUT2D eigenvalue weighted by atomic mass is 16.4. The quantitative estimate of drug-likeness (QED) is 0.361. The van der Waals surface area contributed by atoms with Gasteiger partial charge in [-0.1, -0.05) is 46.3 Å². The maximum atomic E-state index is 12.8. The van der Waals surface area contributed by atoms with Crippen molar-refractivity contribution >= 4 is 5.97 Å². The topological polar surface area (TPSA) is 118 Å². The molecule has 4 fully saturated rings. The normalized spacial score (nSPS) is 58.6. The maximum Gasteiger partial charge on any atom is 0.310 e. The van der Waals surface area contributed by atoms with Gasteiger partial charge in [-0.2, -0.15) is 0 Å². The number of carboxylic acid groups (broad SMARTS) is 1. The van der Waals surface area contributed by atoms with Crippen LogP contribution in [0.3, 0.4) is 0 Å². The first-order valence-electron chi connectivity index (χ1n) is 14.2. The Morgan fingerprint density at radius 1 is 1.00 bits per heavy atom. The first kappa shape index (κ1) is 26.6. The van der Waals surface area contributed by atoms with E-state index in [1.54, 1.807) is 0 Å². The van der Waals surface area contributed by atoms with Crippen molar-refractivity contribution in [3.05, 3.63) is 11.6 Å². The van der Waals surface area contributed by atoms with E-state index in [-0.39, 0.29) is 40.6 Å². The highest BCUT2D eigenvalue weighted by Gasteiger charge is 2.72. The van der Waals surface area contributed by atoms with Crippen LogP contribution in [-0.4, -0.2) is 55.9 Å². The van der Waals surface area contributed by atoms with Crippen LogP contribution < -0.4 is 0 Å². The van der Waals surface area contributed by atoms with Gasteiger partial charge in [0.15, 0.2) is 0 Å². The van der Waals surface area contributed by atoms with E-state index in [1.165, 1.54) is 0 Å². The predicted octanol–water partition coefficient (Wildman–Crippen LogP) is 4.15. The number of hydrogen-bond acceptors (Lipinski definition) is 5. The lowest BCUT2D eigenvalue weighted by atomic mass is 9.33. The molecule has 5 aliphatic carbocycles. The first-order chi connectivity index (χ1) is 16.6. The molecule has 0 aromatic heterocycles. The molecule has 0 aromatic carbocycles. The average molecular weight is 505 g/mol. The van der Waals surface area contributed by atoms with Crippen molar-refractivity contribution in [2.75, 3.05) is 6.61 Å². The molecule has 0 amide bonds. The van der Waals surface area contributed by atoms with Crippen LogP contribution in [0.5, 0.6) is 0 Å². The highest BCUT2D eigenvalue weighted by molar-refractivity contribution is 5.77. The number of hydrogen-bond donors (Lipinski definition) is 5. The summed E-state index contributed by atoms with van der Waals surface area (Å²) in [6.07, 6.45) is 6.20. The van der Waals surface area contributed by atoms with Crippen LogP contribution in [0.25, 0.3) is 0 Å². The van der Waals surface area contributed by atoms with Crippen molar-refractivity contribution in [3.8, 4) is 0 Å². The van der Waals surface area contributed by atoms with Gasteiger partial charge in [-0.25, -0.2) is 0 Å². The minimum atomic E-state index is -1.09. The lowest BCUT2D eigenvalue weighted by Crippen LogP contribution is -2.69. The summed E-state index contributed by atoms with van der Waals surface area (Å²) in [5.41, 5.74) is -2.28. The molecule has 6 heteroatoms. The molecule has 0 saturated heterocycles. The largest absolute Gasteiger partial charge is 0.481 e. The van der Waals surface area contributed by atoms with Gasteiger partial charge in [0.25, 0.3) is 0 Å². The smallest absolute Gasteiger partial charge is 0.310 e. The van der Waals surface area contributed by atoms with Crippen LogP contribution in [0.15, 0.2) is 11.6 Å². The molecule has 5 aliphatic rings. The SMILES string of the molecule is C[C@@H]1CC[C@]2(C(=O)O)CC[C@]3(C)C(=CC[C@@H]4[C@@]5(C)CC(O)C(O)C(C)(CO)C5CC[C@]43C)[C@@H]2[C@]1(C)O. The summed E-state index contributed by atoms with van der Waals surface area (Å²) >= 11 is 0. The van der Waals surface area contributed by atoms with Crippen molar-refractivity contribution in [2.45, 2.75) is 111 Å². The summed E-state index contributed by atoms with van der Waals surface area (Å²) in [5.74, 6) is -0.834. The molecule has 0 aromatic rings. The molecule has 204 valence electrons. The zero-order valence-electron chi connectivity index (χ0n) is 23.0. The zero-order valence-corrected chi connectivity index (χ0v) is 23.0. The van der Waals surface area contributed by atoms with Gasteiger partial charge in [0.05, 0.1) is 29.8 Å². The first-order valence-corrected chi connectivity index (χ1v) is 14.2. The Morgan fingerprint density at radius 2 is 1.67 bits per heavy atom. The second-order valence-corrected chi connectivity index (χ2v) is 14.7. The molecule has 0 bridgehead atoms. The Labute approximate surface area is 216 Å². The third kappa shape index (κ3) is 2.91. The number of allylic oxidation sites excluding steroid dienone is 1. The van der Waals surface area contributed by atoms with E-state index in [0.29, 0.717) is 19.3 Å². The Kier molecular flexibility index (Phi) is 5.77. The Morgan fingerprint density at radius 3 is 2.28 bits per heavy atom. The molecular weight excluding hydrogens is 456 g/mol. The van der Waals surface area contributed by atoms with Gasteiger partial charge in [0.1, 0.15) is 0 Å². The molecule has 5 N–H and O–H groups in total. The molecule has 36 heavy (non-hydrogen) atoms. The number of aliphatic hydroxyl groups is 4. The van der Waals surface area contributed by atoms with E-state index in [4.69, 9.17) is 0 Å². The Balaban J connectivity index is 1.65. The number of fused-ring (bicyclic) bond motifs is 7. The zero-order chi connectivity index (χ0) is 26.7. The van der Waals surface area contributed by atoms with Gasteiger partial charge in [-0.05, 0) is 92.3 Å². The van der Waals surface area contributed by atoms with Crippen LogP contribution in [0.1, 0.15) is 92.9 Å². The van der Waals surface area contributed by atoms with Crippen LogP contribution >= 0.6 is 0 Å². The molecule has 0 radical (unpaired) electrons. The van der Waals surface area contributed by atoms with Crippen LogP contribution in [0.4, 0.5) is 0 Å². The van der Waals surface area contributed by atoms with Gasteiger partial charge in [-0.15, -0.1) is 0 Å². The molecular formula is C30H48O6. The van der Waals surface area contributed by atoms with Crippen molar-refractivity contribution < 1.29 is 30.3 Å². The van der Waals surface area contributed by atoms with E-state index in [0.717, 1.165) is 37.7 Å². The summed E-state index contributed by atoms with van der Waals surface area (Å²) < 4.78 is 0. The van der Waals surface area contributed by atoms with Gasteiger partial charge in [0.2, 0.25) is 0 Å². The number of carboxylic acids is 1. The van der Waals surface area contributed by atoms with Gasteiger partial charge < -0.3 is 25.5 Å². The van der Waals surface area contributed by atoms with Gasteiger partial charge in [-0.3, -0.25) is 4.79 Å². The van der Waals surface area contributed by atoms with E-state index < -0.39 is 40.5 Å². The van der Waals surface area contributed by atoms with Crippen molar-refractivity contribution in [3.63, 3.8) is 0 Å². The van der Waals surface area contributed by atoms with Crippen LogP contribution in [0, 0.1) is 50.7 Å². The monoisotopic (exact) mass is 504 g/mol. The van der Waals surface area contributed by atoms with Crippen LogP contribution in [-0.2, 0) is 4.79 Å². The third-order valence-electron chi connectivity index (χ3n) is 13.6. The third-order valence-corrected chi connectivity index (χ3v) is 13.6. The molecule has 6 nitrogen and oxygen atoms in total. The Hall–Kier alpha value is -0.950. The van der Waals surface area contributed by atoms with Crippen molar-refractivity contribution in [1.82, 2.24) is 0 Å². The summed E-state index contributed by atoms with van der Waals surface area (Å²) in [6, 6.07) is 0. The standard InChI is InChI=1S/C30H48O6/c1-17-9-12-30(24(34)35)14-13-27(4)18(22(30)29(17,6)36)7-8-21-25(2)15-19(32)23(33)26(3,16-31)20(25)10-11-28(21,27)5/h7,17,19-23,31-33,36H,8-16H2,1-6H3,(H,34,35)/t17-,19?,20?,21-,22-,23?,25+,26?,27-,28-,29-,30+/m1/s1. The molecule has 4 saturated carbocycles. The summed E-state index contributed by atoms with van der Waals surface area (Å²) in [6.45, 7) is 12.6. The minimum absolute atomic E-state index is 0.0252. The average Bonchev–Trinajstić information content (AvgIpc) is 2.80. The second-order valence-electron chi connectivity index (χ2n) is 14.7. The summed E-state index contributed by atoms with van der Waals surface area (Å²) in [4.78, 5) is 12.8. The molecule has 0 heterocycles. The van der Waals surface area contributed by atoms with E-state index in [2.05, 4.69) is 33.8 Å². The van der Waals surface area contributed by atoms with E-state index >= 15 is 0 Å². The number of aliphatic hydroxyl groups excluding tert-OH is 3. The fourth-order valence-corrected chi connectivity index (χ4v) is 11.0. The van der Waals surface area contributed by atoms with E-state index in [1.807, 2.05) is 13.8 Å². The van der Waals surface area contributed by atoms with Crippen molar-refractivity contribution in [1.29, 1.82) is 0 Å². The lowest BCUT2D eigenvalue weighted by Gasteiger charge is -2.72. The Bertz CT molecular complexity index is 974. The summed E-state index contributed by atoms with van der Waals surface area (Å²) in [7, 11) is 0. The lowest BCUT2D eigenvalue weighted by molar-refractivity contribution is -0.247. The van der Waals surface area contributed by atoms with Crippen molar-refractivity contribution in [2.24, 2.45) is 50.7 Å². The van der Waals surface area contributed by atoms with Gasteiger partial charge >= 0.3 is 5.97 Å². The fourth-order valence-electron chi connectivity index (χ4n) is 11.0. The van der Waals surface area contributed by atoms with Crippen LogP contribution in [0.2, 0.25) is 0 Å². The maximum absolute atomic E-state index is 12.8. The number of aliphatic carboxylic acids is 1. The molecule has 4 unspecified atom stereocenters.